The number of hydrazine groups is 1. The fraction of sp³-hybridized carbons (Fsp3) is 0.333. The van der Waals surface area contributed by atoms with Gasteiger partial charge in [-0.05, 0) is 65.6 Å². The average Bonchev–Trinajstić information content (AvgIpc) is 3.36. The van der Waals surface area contributed by atoms with Crippen molar-refractivity contribution in [1.82, 2.24) is 20.2 Å². The summed E-state index contributed by atoms with van der Waals surface area (Å²) in [6, 6.07) is 20.5. The molecule has 0 saturated heterocycles. The van der Waals surface area contributed by atoms with Gasteiger partial charge in [0.1, 0.15) is 12.4 Å². The van der Waals surface area contributed by atoms with Crippen LogP contribution in [0, 0.1) is 12.7 Å². The van der Waals surface area contributed by atoms with Crippen LogP contribution < -0.4 is 10.6 Å². The zero-order valence-corrected chi connectivity index (χ0v) is 22.3. The Morgan fingerprint density at radius 3 is 2.24 bits per heavy atom. The number of hydrogen-bond acceptors (Lipinski definition) is 5. The minimum Gasteiger partial charge on any atom is -0.376 e. The molecule has 0 atom stereocenters. The molecule has 7 nitrogen and oxygen atoms in total. The minimum absolute atomic E-state index is 0.0116. The summed E-state index contributed by atoms with van der Waals surface area (Å²) < 4.78 is 13.3. The fourth-order valence-corrected chi connectivity index (χ4v) is 4.60. The Morgan fingerprint density at radius 1 is 0.947 bits per heavy atom. The van der Waals surface area contributed by atoms with Gasteiger partial charge in [-0.15, -0.1) is 0 Å². The van der Waals surface area contributed by atoms with Crippen molar-refractivity contribution in [3.63, 3.8) is 0 Å². The average molecular weight is 518 g/mol. The van der Waals surface area contributed by atoms with Crippen LogP contribution >= 0.6 is 0 Å². The number of halogens is 1. The molecule has 38 heavy (non-hydrogen) atoms. The van der Waals surface area contributed by atoms with E-state index in [-0.39, 0.29) is 30.7 Å². The first-order chi connectivity index (χ1) is 18.4. The van der Waals surface area contributed by atoms with E-state index in [9.17, 15) is 14.0 Å². The molecule has 2 N–H and O–H groups in total. The molecule has 4 rings (SSSR count). The first-order valence-corrected chi connectivity index (χ1v) is 13.0. The molecule has 0 aliphatic carbocycles. The monoisotopic (exact) mass is 517 g/mol. The number of nitrogens with one attached hydrogen (secondary N) is 2. The van der Waals surface area contributed by atoms with Gasteiger partial charge >= 0.3 is 0 Å². The standard InChI is InChI=1S/C30H36FN5O2/c1-4-32-15-16-35(21-30(38)34(3)36-19-25-7-5-6-8-26(25)20-36)29(37)18-33-28-14-11-24(17-22(28)2)23-9-12-27(31)13-10-23/h5-14,17,32-33H,4,15-16,18-21H2,1-3H3. The number of carbonyl (C=O) groups is 2. The number of carbonyl (C=O) groups excluding carboxylic acids is 2. The molecule has 0 radical (unpaired) electrons. The summed E-state index contributed by atoms with van der Waals surface area (Å²) in [4.78, 5) is 28.0. The smallest absolute Gasteiger partial charge is 0.256 e. The van der Waals surface area contributed by atoms with Crippen LogP contribution in [0.15, 0.2) is 66.7 Å². The van der Waals surface area contributed by atoms with E-state index < -0.39 is 0 Å². The molecule has 0 saturated carbocycles. The van der Waals surface area contributed by atoms with Gasteiger partial charge in [-0.2, -0.15) is 0 Å². The van der Waals surface area contributed by atoms with Crippen LogP contribution in [0.5, 0.6) is 0 Å². The lowest BCUT2D eigenvalue weighted by Gasteiger charge is -2.31. The second-order valence-electron chi connectivity index (χ2n) is 9.57. The van der Waals surface area contributed by atoms with Gasteiger partial charge in [-0.3, -0.25) is 14.6 Å². The maximum atomic E-state index is 13.3. The van der Waals surface area contributed by atoms with E-state index in [1.807, 2.05) is 49.2 Å². The number of nitrogens with zero attached hydrogens (tertiary/aromatic N) is 3. The number of hydrogen-bond donors (Lipinski definition) is 2. The molecule has 1 aliphatic rings. The van der Waals surface area contributed by atoms with E-state index in [1.165, 1.54) is 23.3 Å². The third-order valence-corrected chi connectivity index (χ3v) is 6.93. The topological polar surface area (TPSA) is 67.9 Å². The summed E-state index contributed by atoms with van der Waals surface area (Å²) in [5.74, 6) is -0.532. The van der Waals surface area contributed by atoms with Gasteiger partial charge in [0.05, 0.1) is 6.54 Å². The van der Waals surface area contributed by atoms with E-state index in [0.29, 0.717) is 26.2 Å². The number of aryl methyl sites for hydroxylation is 1. The molecule has 1 aliphatic heterocycles. The van der Waals surface area contributed by atoms with E-state index in [4.69, 9.17) is 0 Å². The summed E-state index contributed by atoms with van der Waals surface area (Å²) in [6.07, 6.45) is 0. The van der Waals surface area contributed by atoms with Crippen molar-refractivity contribution in [2.24, 2.45) is 0 Å². The lowest BCUT2D eigenvalue weighted by atomic mass is 10.0. The summed E-state index contributed by atoms with van der Waals surface area (Å²) in [5.41, 5.74) is 6.16. The molecular weight excluding hydrogens is 481 g/mol. The maximum Gasteiger partial charge on any atom is 0.256 e. The van der Waals surface area contributed by atoms with Crippen molar-refractivity contribution in [3.05, 3.63) is 89.2 Å². The highest BCUT2D eigenvalue weighted by molar-refractivity contribution is 5.87. The Hall–Kier alpha value is -3.75. The molecule has 1 heterocycles. The van der Waals surface area contributed by atoms with E-state index >= 15 is 0 Å². The molecule has 0 unspecified atom stereocenters. The molecule has 3 aromatic carbocycles. The lowest BCUT2D eigenvalue weighted by Crippen LogP contribution is -2.49. The maximum absolute atomic E-state index is 13.3. The van der Waals surface area contributed by atoms with Crippen molar-refractivity contribution in [3.8, 4) is 11.1 Å². The highest BCUT2D eigenvalue weighted by atomic mass is 19.1. The van der Waals surface area contributed by atoms with E-state index in [0.717, 1.165) is 28.9 Å². The quantitative estimate of drug-likeness (QED) is 0.376. The van der Waals surface area contributed by atoms with Gasteiger partial charge in [-0.1, -0.05) is 49.4 Å². The van der Waals surface area contributed by atoms with Crippen molar-refractivity contribution in [2.75, 3.05) is 45.1 Å². The fourth-order valence-electron chi connectivity index (χ4n) is 4.60. The minimum atomic E-state index is -0.267. The van der Waals surface area contributed by atoms with Crippen LogP contribution in [0.1, 0.15) is 23.6 Å². The van der Waals surface area contributed by atoms with Gasteiger partial charge in [-0.25, -0.2) is 9.40 Å². The van der Waals surface area contributed by atoms with E-state index in [2.05, 4.69) is 22.8 Å². The van der Waals surface area contributed by atoms with Crippen LogP contribution in [0.25, 0.3) is 11.1 Å². The van der Waals surface area contributed by atoms with Crippen LogP contribution in [0.3, 0.4) is 0 Å². The molecule has 0 aromatic heterocycles. The highest BCUT2D eigenvalue weighted by Crippen LogP contribution is 2.25. The predicted molar refractivity (Wildman–Crippen MR) is 149 cm³/mol. The Kier molecular flexibility index (Phi) is 9.10. The summed E-state index contributed by atoms with van der Waals surface area (Å²) >= 11 is 0. The summed E-state index contributed by atoms with van der Waals surface area (Å²) in [7, 11) is 1.77. The Labute approximate surface area is 224 Å². The molecule has 2 amide bonds. The molecule has 0 fully saturated rings. The van der Waals surface area contributed by atoms with Crippen LogP contribution in [0.2, 0.25) is 0 Å². The van der Waals surface area contributed by atoms with E-state index in [1.54, 1.807) is 29.1 Å². The number of fused-ring (bicyclic) bond motifs is 1. The highest BCUT2D eigenvalue weighted by Gasteiger charge is 2.27. The van der Waals surface area contributed by atoms with Crippen molar-refractivity contribution in [2.45, 2.75) is 26.9 Å². The number of amides is 2. The van der Waals surface area contributed by atoms with Crippen LogP contribution in [0.4, 0.5) is 10.1 Å². The van der Waals surface area contributed by atoms with Gasteiger partial charge in [0.25, 0.3) is 5.91 Å². The number of rotatable bonds is 11. The zero-order valence-electron chi connectivity index (χ0n) is 22.3. The van der Waals surface area contributed by atoms with Gasteiger partial charge < -0.3 is 15.5 Å². The van der Waals surface area contributed by atoms with Gasteiger partial charge in [0, 0.05) is 38.9 Å². The predicted octanol–water partition coefficient (Wildman–Crippen LogP) is 4.04. The zero-order chi connectivity index (χ0) is 27.1. The van der Waals surface area contributed by atoms with Gasteiger partial charge in [0.2, 0.25) is 5.91 Å². The second kappa shape index (κ2) is 12.7. The van der Waals surface area contributed by atoms with Crippen molar-refractivity contribution in [1.29, 1.82) is 0 Å². The Morgan fingerprint density at radius 2 is 1.61 bits per heavy atom. The van der Waals surface area contributed by atoms with Crippen molar-refractivity contribution >= 4 is 17.5 Å². The first kappa shape index (κ1) is 27.3. The second-order valence-corrected chi connectivity index (χ2v) is 9.57. The number of anilines is 1. The van der Waals surface area contributed by atoms with Crippen LogP contribution in [-0.2, 0) is 22.7 Å². The molecule has 0 bridgehead atoms. The molecule has 200 valence electrons. The SMILES string of the molecule is CCNCCN(CC(=O)N(C)N1Cc2ccccc2C1)C(=O)CNc1ccc(-c2ccc(F)cc2)cc1C. The Bertz CT molecular complexity index is 1240. The normalized spacial score (nSPS) is 12.7. The third-order valence-electron chi connectivity index (χ3n) is 6.93. The summed E-state index contributed by atoms with van der Waals surface area (Å²) in [5, 5.41) is 10.1. The molecule has 8 heteroatoms. The first-order valence-electron chi connectivity index (χ1n) is 13.0. The lowest BCUT2D eigenvalue weighted by molar-refractivity contribution is -0.151. The van der Waals surface area contributed by atoms with Crippen LogP contribution in [-0.4, -0.2) is 66.5 Å². The molecule has 3 aromatic rings. The number of likely N-dealkylation sites (N-methyl/N-ethyl adjacent to an activating group) is 2. The Balaban J connectivity index is 1.37. The third kappa shape index (κ3) is 6.76. The largest absolute Gasteiger partial charge is 0.376 e. The van der Waals surface area contributed by atoms with Gasteiger partial charge in [0.15, 0.2) is 0 Å². The summed E-state index contributed by atoms with van der Waals surface area (Å²) in [6.45, 7) is 7.27. The van der Waals surface area contributed by atoms with Crippen molar-refractivity contribution < 1.29 is 14.0 Å². The molecular formula is C30H36FN5O2. The molecule has 0 spiro atoms. The number of benzene rings is 3.